The van der Waals surface area contributed by atoms with Gasteiger partial charge in [0.05, 0.1) is 18.8 Å². The minimum Gasteiger partial charge on any atom is -0.429 e. The Morgan fingerprint density at radius 3 is 1.98 bits per heavy atom. The zero-order valence-electron chi connectivity index (χ0n) is 25.1. The van der Waals surface area contributed by atoms with Gasteiger partial charge in [-0.05, 0) is 91.5 Å². The molecular formula is C35H38F6O4. The molecule has 0 radical (unpaired) electrons. The second kappa shape index (κ2) is 14.5. The van der Waals surface area contributed by atoms with Crippen LogP contribution >= 0.6 is 0 Å². The third-order valence-electron chi connectivity index (χ3n) is 8.68. The Hall–Kier alpha value is -3.24. The molecule has 0 amide bonds. The van der Waals surface area contributed by atoms with Crippen LogP contribution < -0.4 is 9.47 Å². The maximum Gasteiger partial charge on any atom is 0.573 e. The fourth-order valence-electron chi connectivity index (χ4n) is 6.19. The van der Waals surface area contributed by atoms with Crippen molar-refractivity contribution in [3.63, 3.8) is 0 Å². The number of ether oxygens (including phenoxy) is 4. The highest BCUT2D eigenvalue weighted by molar-refractivity contribution is 5.33. The molecule has 0 N–H and O–H groups in total. The molecule has 0 unspecified atom stereocenters. The number of aryl methyl sites for hydroxylation is 1. The van der Waals surface area contributed by atoms with Crippen LogP contribution in [0.15, 0.2) is 66.7 Å². The number of rotatable bonds is 11. The Morgan fingerprint density at radius 2 is 1.38 bits per heavy atom. The Morgan fingerprint density at radius 1 is 0.733 bits per heavy atom. The highest BCUT2D eigenvalue weighted by atomic mass is 19.4. The molecule has 1 heterocycles. The second-order valence-electron chi connectivity index (χ2n) is 11.9. The van der Waals surface area contributed by atoms with Crippen molar-refractivity contribution in [1.82, 2.24) is 0 Å². The number of halogens is 6. The average molecular weight is 637 g/mol. The molecular weight excluding hydrogens is 598 g/mol. The fourth-order valence-corrected chi connectivity index (χ4v) is 6.19. The molecule has 0 bridgehead atoms. The summed E-state index contributed by atoms with van der Waals surface area (Å²) in [6.45, 7) is 2.56. The standard InChI is InChI=1S/C35H38F6O4/c1-2-3-4-5-23-6-14-28(15-7-23)34(37,38)44-30-18-19-31(32(36)20-30)27-21-42-33(43-22-27)26-10-8-24(9-11-26)25-12-16-29(17-13-25)45-35(39,40)41/h6-7,12-20,24,26-27,33H,2-5,8-11,21-22H2,1H3. The van der Waals surface area contributed by atoms with Gasteiger partial charge in [0.1, 0.15) is 17.3 Å². The lowest BCUT2D eigenvalue weighted by atomic mass is 9.78. The van der Waals surface area contributed by atoms with Gasteiger partial charge in [0.25, 0.3) is 0 Å². The minimum absolute atomic E-state index is 0.142. The van der Waals surface area contributed by atoms with E-state index in [4.69, 9.17) is 14.2 Å². The van der Waals surface area contributed by atoms with E-state index in [1.165, 1.54) is 36.4 Å². The quantitative estimate of drug-likeness (QED) is 0.155. The third kappa shape index (κ3) is 8.94. The Labute approximate surface area is 259 Å². The Bertz CT molecular complexity index is 1360. The average Bonchev–Trinajstić information content (AvgIpc) is 3.01. The summed E-state index contributed by atoms with van der Waals surface area (Å²) in [5, 5.41) is 0. The van der Waals surface area contributed by atoms with Crippen LogP contribution in [0.3, 0.4) is 0 Å². The molecule has 4 nitrogen and oxygen atoms in total. The number of unbranched alkanes of at least 4 members (excludes halogenated alkanes) is 2. The van der Waals surface area contributed by atoms with E-state index in [0.29, 0.717) is 5.56 Å². The monoisotopic (exact) mass is 636 g/mol. The summed E-state index contributed by atoms with van der Waals surface area (Å²) >= 11 is 0. The normalized spacial score (nSPS) is 22.6. The van der Waals surface area contributed by atoms with Gasteiger partial charge in [-0.2, -0.15) is 8.78 Å². The molecule has 1 aliphatic carbocycles. The second-order valence-corrected chi connectivity index (χ2v) is 11.9. The van der Waals surface area contributed by atoms with Crippen LogP contribution in [-0.2, 0) is 22.0 Å². The van der Waals surface area contributed by atoms with Crippen molar-refractivity contribution in [3.05, 3.63) is 94.8 Å². The van der Waals surface area contributed by atoms with Crippen LogP contribution in [0.5, 0.6) is 11.5 Å². The molecule has 1 saturated carbocycles. The predicted octanol–water partition coefficient (Wildman–Crippen LogP) is 10.0. The van der Waals surface area contributed by atoms with Crippen molar-refractivity contribution in [2.45, 2.75) is 88.9 Å². The zero-order chi connectivity index (χ0) is 32.0. The lowest BCUT2D eigenvalue weighted by Gasteiger charge is -2.38. The van der Waals surface area contributed by atoms with Gasteiger partial charge < -0.3 is 18.9 Å². The van der Waals surface area contributed by atoms with Crippen LogP contribution in [0.4, 0.5) is 26.3 Å². The molecule has 1 aliphatic heterocycles. The predicted molar refractivity (Wildman–Crippen MR) is 157 cm³/mol. The molecule has 244 valence electrons. The van der Waals surface area contributed by atoms with E-state index in [9.17, 15) is 22.0 Å². The summed E-state index contributed by atoms with van der Waals surface area (Å²) in [6, 6.07) is 15.8. The molecule has 2 fully saturated rings. The molecule has 3 aromatic rings. The van der Waals surface area contributed by atoms with Gasteiger partial charge in [-0.3, -0.25) is 0 Å². The SMILES string of the molecule is CCCCCc1ccc(C(F)(F)Oc2ccc(C3COC(C4CCC(c5ccc(OC(F)(F)F)cc5)CC4)OC3)c(F)c2)cc1. The van der Waals surface area contributed by atoms with E-state index in [2.05, 4.69) is 11.7 Å². The van der Waals surface area contributed by atoms with Gasteiger partial charge >= 0.3 is 12.5 Å². The molecule has 0 aromatic heterocycles. The topological polar surface area (TPSA) is 36.9 Å². The van der Waals surface area contributed by atoms with Crippen molar-refractivity contribution < 1.29 is 45.3 Å². The highest BCUT2D eigenvalue weighted by Crippen LogP contribution is 2.41. The van der Waals surface area contributed by atoms with Crippen molar-refractivity contribution >= 4 is 0 Å². The molecule has 0 spiro atoms. The van der Waals surface area contributed by atoms with Crippen LogP contribution in [0.1, 0.15) is 86.0 Å². The summed E-state index contributed by atoms with van der Waals surface area (Å²) in [5.41, 5.74) is 1.96. The van der Waals surface area contributed by atoms with Crippen molar-refractivity contribution in [2.75, 3.05) is 13.2 Å². The van der Waals surface area contributed by atoms with E-state index in [1.807, 2.05) is 0 Å². The van der Waals surface area contributed by atoms with Gasteiger partial charge in [-0.15, -0.1) is 13.2 Å². The van der Waals surface area contributed by atoms with Crippen LogP contribution in [0, 0.1) is 11.7 Å². The van der Waals surface area contributed by atoms with Crippen LogP contribution in [0.2, 0.25) is 0 Å². The van der Waals surface area contributed by atoms with E-state index < -0.39 is 30.5 Å². The first kappa shape index (κ1) is 33.1. The highest BCUT2D eigenvalue weighted by Gasteiger charge is 2.36. The summed E-state index contributed by atoms with van der Waals surface area (Å²) in [7, 11) is 0. The Balaban J connectivity index is 1.09. The number of benzene rings is 3. The van der Waals surface area contributed by atoms with Gasteiger partial charge in [0.15, 0.2) is 6.29 Å². The molecule has 10 heteroatoms. The maximum absolute atomic E-state index is 15.1. The van der Waals surface area contributed by atoms with Crippen molar-refractivity contribution in [1.29, 1.82) is 0 Å². The van der Waals surface area contributed by atoms with E-state index in [0.717, 1.165) is 68.6 Å². The van der Waals surface area contributed by atoms with Gasteiger partial charge in [-0.25, -0.2) is 4.39 Å². The van der Waals surface area contributed by atoms with Crippen LogP contribution in [-0.4, -0.2) is 25.9 Å². The number of hydrogen-bond acceptors (Lipinski definition) is 4. The van der Waals surface area contributed by atoms with E-state index in [1.54, 1.807) is 24.3 Å². The molecule has 5 rings (SSSR count). The van der Waals surface area contributed by atoms with Gasteiger partial charge in [0.2, 0.25) is 0 Å². The fraction of sp³-hybridized carbons (Fsp3) is 0.486. The largest absolute Gasteiger partial charge is 0.573 e. The molecule has 3 aromatic carbocycles. The smallest absolute Gasteiger partial charge is 0.429 e. The van der Waals surface area contributed by atoms with Crippen molar-refractivity contribution in [2.24, 2.45) is 5.92 Å². The lowest BCUT2D eigenvalue weighted by Crippen LogP contribution is -2.37. The van der Waals surface area contributed by atoms with E-state index in [-0.39, 0.29) is 42.1 Å². The van der Waals surface area contributed by atoms with E-state index >= 15 is 4.39 Å². The third-order valence-corrected chi connectivity index (χ3v) is 8.68. The first-order valence-corrected chi connectivity index (χ1v) is 15.6. The summed E-state index contributed by atoms with van der Waals surface area (Å²) < 4.78 is 103. The molecule has 1 saturated heterocycles. The Kier molecular flexibility index (Phi) is 10.6. The molecule has 45 heavy (non-hydrogen) atoms. The minimum atomic E-state index is -4.72. The first-order chi connectivity index (χ1) is 21.5. The summed E-state index contributed by atoms with van der Waals surface area (Å²) in [5.74, 6) is -1.23. The van der Waals surface area contributed by atoms with Gasteiger partial charge in [0, 0.05) is 17.9 Å². The maximum atomic E-state index is 15.1. The first-order valence-electron chi connectivity index (χ1n) is 15.6. The van der Waals surface area contributed by atoms with Crippen LogP contribution in [0.25, 0.3) is 0 Å². The van der Waals surface area contributed by atoms with Crippen molar-refractivity contribution in [3.8, 4) is 11.5 Å². The zero-order valence-corrected chi connectivity index (χ0v) is 25.1. The molecule has 2 aliphatic rings. The molecule has 0 atom stereocenters. The summed E-state index contributed by atoms with van der Waals surface area (Å²) in [4.78, 5) is 0. The van der Waals surface area contributed by atoms with Gasteiger partial charge in [-0.1, -0.05) is 50.1 Å². The number of hydrogen-bond donors (Lipinski definition) is 0. The summed E-state index contributed by atoms with van der Waals surface area (Å²) in [6.07, 6.45) is -1.49. The number of alkyl halides is 5. The lowest BCUT2D eigenvalue weighted by molar-refractivity contribution is -0.274.